The van der Waals surface area contributed by atoms with Crippen LogP contribution in [0.4, 0.5) is 5.69 Å². The fraction of sp³-hybridized carbons (Fsp3) is 0.300. The topological polar surface area (TPSA) is 116 Å². The second-order valence-corrected chi connectivity index (χ2v) is 9.65. The summed E-state index contributed by atoms with van der Waals surface area (Å²) >= 11 is 0. The predicted molar refractivity (Wildman–Crippen MR) is 141 cm³/mol. The van der Waals surface area contributed by atoms with Crippen molar-refractivity contribution in [3.05, 3.63) is 89.0 Å². The van der Waals surface area contributed by atoms with Crippen LogP contribution in [0.15, 0.2) is 66.7 Å². The molecule has 0 spiro atoms. The summed E-state index contributed by atoms with van der Waals surface area (Å²) in [7, 11) is 1.41. The Hall–Kier alpha value is -4.17. The van der Waals surface area contributed by atoms with Crippen LogP contribution in [0.2, 0.25) is 0 Å². The highest BCUT2D eigenvalue weighted by Gasteiger charge is 2.70. The van der Waals surface area contributed by atoms with Crippen molar-refractivity contribution in [2.45, 2.75) is 38.3 Å². The number of fused-ring (bicyclic) bond motifs is 1. The van der Waals surface area contributed by atoms with Gasteiger partial charge in [-0.05, 0) is 35.6 Å². The van der Waals surface area contributed by atoms with Crippen LogP contribution in [0.1, 0.15) is 42.1 Å². The van der Waals surface area contributed by atoms with E-state index in [4.69, 9.17) is 4.74 Å². The fourth-order valence-corrected chi connectivity index (χ4v) is 6.14. The summed E-state index contributed by atoms with van der Waals surface area (Å²) in [6.07, 6.45) is 1.19. The van der Waals surface area contributed by atoms with Crippen molar-refractivity contribution in [3.8, 4) is 11.5 Å². The second kappa shape index (κ2) is 9.61. The monoisotopic (exact) mass is 514 g/mol. The quantitative estimate of drug-likeness (QED) is 0.409. The van der Waals surface area contributed by atoms with Crippen LogP contribution >= 0.6 is 0 Å². The van der Waals surface area contributed by atoms with E-state index in [2.05, 4.69) is 5.32 Å². The number of carboxylic acid groups (broad SMARTS) is 1. The van der Waals surface area contributed by atoms with Gasteiger partial charge in [-0.3, -0.25) is 14.9 Å². The highest BCUT2D eigenvalue weighted by Crippen LogP contribution is 2.55. The molecule has 3 aromatic rings. The Kier molecular flexibility index (Phi) is 6.44. The van der Waals surface area contributed by atoms with Crippen molar-refractivity contribution in [2.24, 2.45) is 11.8 Å². The molecule has 2 amide bonds. The lowest BCUT2D eigenvalue weighted by molar-refractivity contribution is -0.149. The molecule has 3 aromatic carbocycles. The van der Waals surface area contributed by atoms with Gasteiger partial charge in [0.25, 0.3) is 0 Å². The Morgan fingerprint density at radius 2 is 1.58 bits per heavy atom. The maximum Gasteiger partial charge on any atom is 0.329 e. The first-order valence-corrected chi connectivity index (χ1v) is 12.7. The van der Waals surface area contributed by atoms with Crippen LogP contribution in [0.5, 0.6) is 11.5 Å². The molecule has 0 saturated carbocycles. The molecule has 0 bridgehead atoms. The number of methoxy groups -OCH3 is 1. The Labute approximate surface area is 220 Å². The third kappa shape index (κ3) is 3.51. The fourth-order valence-electron chi connectivity index (χ4n) is 6.14. The lowest BCUT2D eigenvalue weighted by Gasteiger charge is -2.32. The normalized spacial score (nSPS) is 24.5. The van der Waals surface area contributed by atoms with E-state index in [9.17, 15) is 24.6 Å². The van der Waals surface area contributed by atoms with E-state index in [1.165, 1.54) is 12.0 Å². The van der Waals surface area contributed by atoms with E-state index in [0.29, 0.717) is 29.7 Å². The van der Waals surface area contributed by atoms with Gasteiger partial charge in [-0.2, -0.15) is 0 Å². The summed E-state index contributed by atoms with van der Waals surface area (Å²) in [6.45, 7) is 3.91. The number of ether oxygens (including phenoxy) is 1. The number of hydrogen-bond acceptors (Lipinski definition) is 6. The number of aliphatic carboxylic acids is 1. The van der Waals surface area contributed by atoms with Gasteiger partial charge in [-0.1, -0.05) is 74.5 Å². The number of aryl methyl sites for hydroxylation is 2. The number of imide groups is 1. The first-order valence-electron chi connectivity index (χ1n) is 12.7. The third-order valence-electron chi connectivity index (χ3n) is 7.90. The number of anilines is 1. The van der Waals surface area contributed by atoms with Gasteiger partial charge in [-0.25, -0.2) is 9.69 Å². The summed E-state index contributed by atoms with van der Waals surface area (Å²) < 4.78 is 5.28. The highest BCUT2D eigenvalue weighted by molar-refractivity contribution is 6.25. The molecule has 0 aliphatic carbocycles. The highest BCUT2D eigenvalue weighted by atomic mass is 16.5. The molecule has 2 heterocycles. The van der Waals surface area contributed by atoms with E-state index < -0.39 is 41.2 Å². The van der Waals surface area contributed by atoms with Gasteiger partial charge >= 0.3 is 5.97 Å². The molecule has 5 rings (SSSR count). The molecule has 2 aliphatic heterocycles. The standard InChI is InChI=1S/C30H30N2O6/c1-4-17-11-9-12-18(5-2)25(17)32-27(34)22-23(28(32)35)30(29(36)37,19-13-7-6-8-14-19)31-24(22)20-15-10-16-21(38-3)26(20)33/h6-16,22-24,31,33H,4-5H2,1-3H3,(H,36,37). The average Bonchev–Trinajstić information content (AvgIpc) is 3.42. The second-order valence-electron chi connectivity index (χ2n) is 9.65. The average molecular weight is 515 g/mol. The number of carbonyl (C=O) groups is 3. The minimum atomic E-state index is -1.90. The zero-order valence-corrected chi connectivity index (χ0v) is 21.5. The Bertz CT molecular complexity index is 1400. The van der Waals surface area contributed by atoms with E-state index >= 15 is 0 Å². The molecule has 2 fully saturated rings. The molecule has 0 aromatic heterocycles. The number of para-hydroxylation sites is 2. The zero-order valence-electron chi connectivity index (χ0n) is 21.5. The minimum Gasteiger partial charge on any atom is -0.504 e. The van der Waals surface area contributed by atoms with Crippen molar-refractivity contribution in [2.75, 3.05) is 12.0 Å². The van der Waals surface area contributed by atoms with E-state index in [1.807, 2.05) is 32.0 Å². The van der Waals surface area contributed by atoms with Gasteiger partial charge < -0.3 is 14.9 Å². The Morgan fingerprint density at radius 3 is 2.16 bits per heavy atom. The molecule has 4 unspecified atom stereocenters. The molecule has 3 N–H and O–H groups in total. The molecule has 196 valence electrons. The van der Waals surface area contributed by atoms with Gasteiger partial charge in [0.1, 0.15) is 0 Å². The number of carbonyl (C=O) groups excluding carboxylic acids is 2. The Balaban J connectivity index is 1.77. The SMILES string of the molecule is CCc1cccc(CC)c1N1C(=O)C2C(c3cccc(OC)c3O)NC(C(=O)O)(c3ccccc3)C2C1=O. The lowest BCUT2D eigenvalue weighted by Crippen LogP contribution is -2.53. The molecule has 8 nitrogen and oxygen atoms in total. The smallest absolute Gasteiger partial charge is 0.329 e. The first-order chi connectivity index (χ1) is 18.3. The zero-order chi connectivity index (χ0) is 27.2. The molecule has 2 saturated heterocycles. The van der Waals surface area contributed by atoms with Gasteiger partial charge in [0, 0.05) is 11.6 Å². The number of aromatic hydroxyl groups is 1. The van der Waals surface area contributed by atoms with Crippen molar-refractivity contribution in [1.29, 1.82) is 0 Å². The summed E-state index contributed by atoms with van der Waals surface area (Å²) in [5, 5.41) is 24.9. The minimum absolute atomic E-state index is 0.187. The number of benzene rings is 3. The number of rotatable bonds is 7. The third-order valence-corrected chi connectivity index (χ3v) is 7.90. The lowest BCUT2D eigenvalue weighted by atomic mass is 9.75. The van der Waals surface area contributed by atoms with Crippen LogP contribution in [0.3, 0.4) is 0 Å². The van der Waals surface area contributed by atoms with Crippen molar-refractivity contribution in [3.63, 3.8) is 0 Å². The molecule has 4 atom stereocenters. The number of carboxylic acids is 1. The number of phenols is 1. The van der Waals surface area contributed by atoms with Crippen molar-refractivity contribution in [1.82, 2.24) is 5.32 Å². The largest absolute Gasteiger partial charge is 0.504 e. The number of phenolic OH excluding ortho intramolecular Hbond substituents is 1. The van der Waals surface area contributed by atoms with Gasteiger partial charge in [-0.15, -0.1) is 0 Å². The first kappa shape index (κ1) is 25.5. The van der Waals surface area contributed by atoms with E-state index in [1.54, 1.807) is 48.5 Å². The Morgan fingerprint density at radius 1 is 0.947 bits per heavy atom. The summed E-state index contributed by atoms with van der Waals surface area (Å²) in [5.74, 6) is -4.68. The van der Waals surface area contributed by atoms with Crippen LogP contribution < -0.4 is 15.0 Å². The predicted octanol–water partition coefficient (Wildman–Crippen LogP) is 3.96. The summed E-state index contributed by atoms with van der Waals surface area (Å²) in [5.41, 5.74) is 0.945. The molecule has 8 heteroatoms. The van der Waals surface area contributed by atoms with Gasteiger partial charge in [0.05, 0.1) is 24.6 Å². The summed E-state index contributed by atoms with van der Waals surface area (Å²) in [6, 6.07) is 18.0. The van der Waals surface area contributed by atoms with E-state index in [-0.39, 0.29) is 11.5 Å². The molecule has 2 aliphatic rings. The number of amides is 2. The molecular weight excluding hydrogens is 484 g/mol. The number of hydrogen-bond donors (Lipinski definition) is 3. The van der Waals surface area contributed by atoms with Crippen molar-refractivity contribution < 1.29 is 29.3 Å². The van der Waals surface area contributed by atoms with E-state index in [0.717, 1.165) is 11.1 Å². The van der Waals surface area contributed by atoms with Gasteiger partial charge in [0.2, 0.25) is 11.8 Å². The van der Waals surface area contributed by atoms with Gasteiger partial charge in [0.15, 0.2) is 17.0 Å². The van der Waals surface area contributed by atoms with Crippen LogP contribution in [0.25, 0.3) is 0 Å². The summed E-state index contributed by atoms with van der Waals surface area (Å²) in [4.78, 5) is 43.0. The van der Waals surface area contributed by atoms with Crippen LogP contribution in [-0.2, 0) is 32.8 Å². The maximum atomic E-state index is 14.3. The van der Waals surface area contributed by atoms with Crippen LogP contribution in [-0.4, -0.2) is 35.1 Å². The molecule has 0 radical (unpaired) electrons. The maximum absolute atomic E-state index is 14.3. The number of nitrogens with zero attached hydrogens (tertiary/aromatic N) is 1. The van der Waals surface area contributed by atoms with Crippen LogP contribution in [0, 0.1) is 11.8 Å². The molecule has 38 heavy (non-hydrogen) atoms. The van der Waals surface area contributed by atoms with Crippen molar-refractivity contribution >= 4 is 23.5 Å². The number of nitrogens with one attached hydrogen (secondary N) is 1. The molecular formula is C30H30N2O6.